The first-order valence-corrected chi connectivity index (χ1v) is 6.87. The third-order valence-corrected chi connectivity index (χ3v) is 3.71. The highest BCUT2D eigenvalue weighted by atomic mass is 16.5. The van der Waals surface area contributed by atoms with Crippen LogP contribution < -0.4 is 10.1 Å². The van der Waals surface area contributed by atoms with E-state index in [9.17, 15) is 9.90 Å². The Balaban J connectivity index is 1.78. The molecule has 0 bridgehead atoms. The molecule has 0 spiro atoms. The lowest BCUT2D eigenvalue weighted by atomic mass is 10.1. The molecule has 3 atom stereocenters. The van der Waals surface area contributed by atoms with Crippen molar-refractivity contribution in [3.63, 3.8) is 0 Å². The van der Waals surface area contributed by atoms with E-state index >= 15 is 0 Å². The molecule has 0 heterocycles. The monoisotopic (exact) mass is 279 g/mol. The van der Waals surface area contributed by atoms with E-state index in [1.165, 1.54) is 0 Å². The van der Waals surface area contributed by atoms with Gasteiger partial charge in [-0.15, -0.1) is 0 Å². The van der Waals surface area contributed by atoms with Gasteiger partial charge in [-0.2, -0.15) is 0 Å². The van der Waals surface area contributed by atoms with Crippen LogP contribution in [0.25, 0.3) is 0 Å². The first-order chi connectivity index (χ1) is 9.60. The number of para-hydroxylation sites is 1. The Kier molecular flexibility index (Phi) is 4.98. The quantitative estimate of drug-likeness (QED) is 0.738. The first-order valence-electron chi connectivity index (χ1n) is 6.87. The van der Waals surface area contributed by atoms with Gasteiger partial charge in [0.05, 0.1) is 6.10 Å². The van der Waals surface area contributed by atoms with Crippen LogP contribution in [-0.2, 0) is 4.79 Å². The molecule has 0 unspecified atom stereocenters. The number of carbonyl (C=O) groups excluding carboxylic acids is 1. The summed E-state index contributed by atoms with van der Waals surface area (Å²) in [6.45, 7) is 1.83. The molecule has 5 nitrogen and oxygen atoms in total. The Labute approximate surface area is 118 Å². The third kappa shape index (κ3) is 3.71. The standard InChI is InChI=1S/C15H21NO4/c1-10-4-2-3-5-14(10)20-9-15(19)16-12-6-11(8-17)13(18)7-12/h2-5,11-13,17-18H,6-9H2,1H3,(H,16,19)/t11-,12-,13+/m0/s1. The van der Waals surface area contributed by atoms with Crippen molar-refractivity contribution in [1.82, 2.24) is 5.32 Å². The molecule has 1 saturated carbocycles. The molecule has 0 aromatic heterocycles. The van der Waals surface area contributed by atoms with Gasteiger partial charge in [0.2, 0.25) is 0 Å². The predicted octanol–water partition coefficient (Wildman–Crippen LogP) is 0.622. The zero-order valence-electron chi connectivity index (χ0n) is 11.6. The average molecular weight is 279 g/mol. The van der Waals surface area contributed by atoms with Crippen molar-refractivity contribution in [3.05, 3.63) is 29.8 Å². The normalized spacial score (nSPS) is 25.4. The molecule has 1 amide bonds. The van der Waals surface area contributed by atoms with Crippen LogP contribution in [0.4, 0.5) is 0 Å². The van der Waals surface area contributed by atoms with E-state index in [0.717, 1.165) is 5.56 Å². The number of aliphatic hydroxyl groups excluding tert-OH is 2. The summed E-state index contributed by atoms with van der Waals surface area (Å²) in [5, 5.41) is 21.6. The van der Waals surface area contributed by atoms with Gasteiger partial charge < -0.3 is 20.3 Å². The van der Waals surface area contributed by atoms with Crippen LogP contribution in [0.5, 0.6) is 5.75 Å². The van der Waals surface area contributed by atoms with Crippen LogP contribution >= 0.6 is 0 Å². The molecule has 1 aliphatic carbocycles. The summed E-state index contributed by atoms with van der Waals surface area (Å²) in [4.78, 5) is 11.8. The molecule has 0 radical (unpaired) electrons. The lowest BCUT2D eigenvalue weighted by Gasteiger charge is -2.13. The number of hydrogen-bond donors (Lipinski definition) is 3. The van der Waals surface area contributed by atoms with Crippen molar-refractivity contribution >= 4 is 5.91 Å². The number of carbonyl (C=O) groups is 1. The summed E-state index contributed by atoms with van der Waals surface area (Å²) in [5.74, 6) is 0.351. The van der Waals surface area contributed by atoms with Crippen molar-refractivity contribution in [2.75, 3.05) is 13.2 Å². The number of benzene rings is 1. The van der Waals surface area contributed by atoms with Crippen LogP contribution in [0.2, 0.25) is 0 Å². The molecule has 1 aromatic rings. The molecule has 5 heteroatoms. The van der Waals surface area contributed by atoms with E-state index < -0.39 is 6.10 Å². The van der Waals surface area contributed by atoms with E-state index in [1.54, 1.807) is 0 Å². The predicted molar refractivity (Wildman–Crippen MR) is 74.4 cm³/mol. The summed E-state index contributed by atoms with van der Waals surface area (Å²) in [6, 6.07) is 7.43. The summed E-state index contributed by atoms with van der Waals surface area (Å²) < 4.78 is 5.46. The SMILES string of the molecule is Cc1ccccc1OCC(=O)N[C@H]1C[C@@H](CO)[C@H](O)C1. The minimum atomic E-state index is -0.539. The number of ether oxygens (including phenoxy) is 1. The Morgan fingerprint density at radius 2 is 2.15 bits per heavy atom. The van der Waals surface area contributed by atoms with Crippen LogP contribution in [-0.4, -0.2) is 41.5 Å². The fraction of sp³-hybridized carbons (Fsp3) is 0.533. The highest BCUT2D eigenvalue weighted by molar-refractivity contribution is 5.77. The number of aliphatic hydroxyl groups is 2. The smallest absolute Gasteiger partial charge is 0.258 e. The van der Waals surface area contributed by atoms with Gasteiger partial charge in [-0.25, -0.2) is 0 Å². The summed E-state index contributed by atoms with van der Waals surface area (Å²) >= 11 is 0. The number of amides is 1. The second-order valence-corrected chi connectivity index (χ2v) is 5.30. The van der Waals surface area contributed by atoms with Crippen molar-refractivity contribution in [2.45, 2.75) is 31.9 Å². The van der Waals surface area contributed by atoms with Crippen molar-refractivity contribution in [3.8, 4) is 5.75 Å². The number of hydrogen-bond acceptors (Lipinski definition) is 4. The minimum absolute atomic E-state index is 0.0404. The first kappa shape index (κ1) is 14.8. The summed E-state index contributed by atoms with van der Waals surface area (Å²) in [6.07, 6.45) is 0.553. The van der Waals surface area contributed by atoms with Crippen molar-refractivity contribution in [1.29, 1.82) is 0 Å². The molecule has 0 saturated heterocycles. The molecule has 1 fully saturated rings. The van der Waals surface area contributed by atoms with Gasteiger partial charge in [-0.3, -0.25) is 4.79 Å². The van der Waals surface area contributed by atoms with Crippen molar-refractivity contribution in [2.24, 2.45) is 5.92 Å². The Bertz CT molecular complexity index is 463. The Morgan fingerprint density at radius 3 is 2.80 bits per heavy atom. The molecule has 2 rings (SSSR count). The molecular weight excluding hydrogens is 258 g/mol. The van der Waals surface area contributed by atoms with E-state index in [4.69, 9.17) is 9.84 Å². The largest absolute Gasteiger partial charge is 0.484 e. The minimum Gasteiger partial charge on any atom is -0.484 e. The molecule has 0 aliphatic heterocycles. The van der Waals surface area contributed by atoms with Gasteiger partial charge in [0, 0.05) is 18.6 Å². The fourth-order valence-corrected chi connectivity index (χ4v) is 2.55. The maximum Gasteiger partial charge on any atom is 0.258 e. The third-order valence-electron chi connectivity index (χ3n) is 3.71. The Hall–Kier alpha value is -1.59. The average Bonchev–Trinajstić information content (AvgIpc) is 2.77. The lowest BCUT2D eigenvalue weighted by Crippen LogP contribution is -2.36. The van der Waals surface area contributed by atoms with Gasteiger partial charge in [-0.1, -0.05) is 18.2 Å². The molecule has 20 heavy (non-hydrogen) atoms. The number of aryl methyl sites for hydroxylation is 1. The molecular formula is C15H21NO4. The maximum absolute atomic E-state index is 11.8. The second-order valence-electron chi connectivity index (χ2n) is 5.30. The highest BCUT2D eigenvalue weighted by Gasteiger charge is 2.33. The molecule has 110 valence electrons. The molecule has 3 N–H and O–H groups in total. The van der Waals surface area contributed by atoms with Crippen molar-refractivity contribution < 1.29 is 19.7 Å². The van der Waals surface area contributed by atoms with Gasteiger partial charge in [0.1, 0.15) is 5.75 Å². The van der Waals surface area contributed by atoms with E-state index in [1.807, 2.05) is 31.2 Å². The van der Waals surface area contributed by atoms with E-state index in [-0.39, 0.29) is 31.1 Å². The van der Waals surface area contributed by atoms with Gasteiger partial charge in [-0.05, 0) is 31.4 Å². The van der Waals surface area contributed by atoms with Crippen LogP contribution in [0.3, 0.4) is 0 Å². The van der Waals surface area contributed by atoms with Gasteiger partial charge in [0.15, 0.2) is 6.61 Å². The molecule has 1 aliphatic rings. The summed E-state index contributed by atoms with van der Waals surface area (Å²) in [5.41, 5.74) is 0.983. The van der Waals surface area contributed by atoms with Crippen LogP contribution in [0.1, 0.15) is 18.4 Å². The number of rotatable bonds is 5. The van der Waals surface area contributed by atoms with Gasteiger partial charge in [0.25, 0.3) is 5.91 Å². The highest BCUT2D eigenvalue weighted by Crippen LogP contribution is 2.25. The zero-order chi connectivity index (χ0) is 14.5. The van der Waals surface area contributed by atoms with E-state index in [2.05, 4.69) is 5.32 Å². The topological polar surface area (TPSA) is 78.8 Å². The Morgan fingerprint density at radius 1 is 1.40 bits per heavy atom. The molecule has 1 aromatic carbocycles. The van der Waals surface area contributed by atoms with Crippen LogP contribution in [0.15, 0.2) is 24.3 Å². The zero-order valence-corrected chi connectivity index (χ0v) is 11.6. The van der Waals surface area contributed by atoms with Crippen LogP contribution in [0, 0.1) is 12.8 Å². The number of nitrogens with one attached hydrogen (secondary N) is 1. The fourth-order valence-electron chi connectivity index (χ4n) is 2.55. The van der Waals surface area contributed by atoms with Gasteiger partial charge >= 0.3 is 0 Å². The maximum atomic E-state index is 11.8. The lowest BCUT2D eigenvalue weighted by molar-refractivity contribution is -0.123. The second kappa shape index (κ2) is 6.72. The summed E-state index contributed by atoms with van der Waals surface area (Å²) in [7, 11) is 0. The van der Waals surface area contributed by atoms with E-state index in [0.29, 0.717) is 18.6 Å².